The standard InChI is InChI=1S/C42H35ClN4O6S2/c1-51-35-22-26(23-36(52-2)37(35)53-3)21-33(45-39(48)29-13-8-5-9-14-29)40(49)44-31-15-10-16-32(24-31)55-38(28-11-6-4-7-12-28)41(50)47-42-46-34(25-54-42)27-17-19-30(43)20-18-27/h4-25,38H,1-3H3,(H,44,49)(H,45,48)(H,46,47,50)/b33-21+. The van der Waals surface area contributed by atoms with Crippen LogP contribution in [-0.4, -0.2) is 44.0 Å². The molecule has 6 aromatic rings. The fourth-order valence-corrected chi connectivity index (χ4v) is 7.36. The largest absolute Gasteiger partial charge is 0.493 e. The Balaban J connectivity index is 1.25. The molecule has 0 aliphatic heterocycles. The zero-order chi connectivity index (χ0) is 38.7. The van der Waals surface area contributed by atoms with Gasteiger partial charge in [0.05, 0.1) is 27.0 Å². The van der Waals surface area contributed by atoms with Crippen LogP contribution in [-0.2, 0) is 9.59 Å². The van der Waals surface area contributed by atoms with Crippen LogP contribution in [0.4, 0.5) is 10.8 Å². The molecule has 1 atom stereocenters. The topological polar surface area (TPSA) is 128 Å². The summed E-state index contributed by atoms with van der Waals surface area (Å²) in [6.07, 6.45) is 1.52. The number of thiazole rings is 1. The van der Waals surface area contributed by atoms with E-state index in [4.69, 9.17) is 25.8 Å². The van der Waals surface area contributed by atoms with E-state index in [-0.39, 0.29) is 11.6 Å². The van der Waals surface area contributed by atoms with Crippen molar-refractivity contribution < 1.29 is 28.6 Å². The number of carbonyl (C=O) groups excluding carboxylic acids is 3. The average Bonchev–Trinajstić information content (AvgIpc) is 3.68. The number of anilines is 2. The summed E-state index contributed by atoms with van der Waals surface area (Å²) in [5.41, 5.74) is 3.68. The van der Waals surface area contributed by atoms with Crippen molar-refractivity contribution in [3.8, 4) is 28.5 Å². The van der Waals surface area contributed by atoms with Crippen molar-refractivity contribution >= 4 is 69.3 Å². The lowest BCUT2D eigenvalue weighted by Gasteiger charge is -2.17. The Labute approximate surface area is 331 Å². The second kappa shape index (κ2) is 18.3. The van der Waals surface area contributed by atoms with Crippen LogP contribution < -0.4 is 30.2 Å². The first-order valence-electron chi connectivity index (χ1n) is 16.8. The summed E-state index contributed by atoms with van der Waals surface area (Å²) in [6, 6.07) is 35.8. The summed E-state index contributed by atoms with van der Waals surface area (Å²) < 4.78 is 16.4. The molecule has 278 valence electrons. The van der Waals surface area contributed by atoms with Gasteiger partial charge in [0.15, 0.2) is 16.6 Å². The predicted molar refractivity (Wildman–Crippen MR) is 219 cm³/mol. The van der Waals surface area contributed by atoms with Crippen molar-refractivity contribution in [2.24, 2.45) is 0 Å². The molecule has 0 fully saturated rings. The Morgan fingerprint density at radius 3 is 2.11 bits per heavy atom. The summed E-state index contributed by atoms with van der Waals surface area (Å²) in [5.74, 6) is -0.190. The third kappa shape index (κ3) is 9.92. The number of nitrogens with zero attached hydrogens (tertiary/aromatic N) is 1. The quantitative estimate of drug-likeness (QED) is 0.0736. The van der Waals surface area contributed by atoms with Gasteiger partial charge in [0.1, 0.15) is 10.9 Å². The summed E-state index contributed by atoms with van der Waals surface area (Å²) >= 11 is 8.70. The first kappa shape index (κ1) is 38.6. The molecule has 3 amide bonds. The second-order valence-corrected chi connectivity index (χ2v) is 14.2. The number of hydrogen-bond donors (Lipinski definition) is 3. The van der Waals surface area contributed by atoms with E-state index in [1.807, 2.05) is 53.9 Å². The molecule has 0 spiro atoms. The van der Waals surface area contributed by atoms with Gasteiger partial charge in [0, 0.05) is 32.1 Å². The normalized spacial score (nSPS) is 11.6. The third-order valence-electron chi connectivity index (χ3n) is 8.09. The number of halogens is 1. The van der Waals surface area contributed by atoms with Gasteiger partial charge in [0.2, 0.25) is 11.7 Å². The molecule has 0 radical (unpaired) electrons. The molecule has 13 heteroatoms. The van der Waals surface area contributed by atoms with Crippen molar-refractivity contribution in [2.45, 2.75) is 10.1 Å². The molecule has 1 unspecified atom stereocenters. The highest BCUT2D eigenvalue weighted by molar-refractivity contribution is 8.00. The maximum absolute atomic E-state index is 13.9. The molecule has 10 nitrogen and oxygen atoms in total. The number of rotatable bonds is 14. The lowest BCUT2D eigenvalue weighted by molar-refractivity contribution is -0.116. The Hall–Kier alpha value is -6.08. The van der Waals surface area contributed by atoms with Gasteiger partial charge < -0.3 is 30.2 Å². The summed E-state index contributed by atoms with van der Waals surface area (Å²) in [5, 5.41) is 10.9. The summed E-state index contributed by atoms with van der Waals surface area (Å²) in [4.78, 5) is 46.4. The Morgan fingerprint density at radius 2 is 1.45 bits per heavy atom. The van der Waals surface area contributed by atoms with Gasteiger partial charge in [-0.1, -0.05) is 78.3 Å². The van der Waals surface area contributed by atoms with E-state index in [9.17, 15) is 14.4 Å². The molecule has 0 saturated heterocycles. The van der Waals surface area contributed by atoms with Crippen LogP contribution in [0.25, 0.3) is 17.3 Å². The molecule has 0 aliphatic rings. The number of hydrogen-bond acceptors (Lipinski definition) is 9. The number of benzene rings is 5. The van der Waals surface area contributed by atoms with Crippen molar-refractivity contribution in [3.63, 3.8) is 0 Å². The molecule has 5 aromatic carbocycles. The van der Waals surface area contributed by atoms with Gasteiger partial charge >= 0.3 is 0 Å². The van der Waals surface area contributed by atoms with Gasteiger partial charge in [-0.2, -0.15) is 0 Å². The maximum atomic E-state index is 13.9. The van der Waals surface area contributed by atoms with Gasteiger partial charge in [-0.25, -0.2) is 4.98 Å². The number of nitrogens with one attached hydrogen (secondary N) is 3. The third-order valence-corrected chi connectivity index (χ3v) is 10.3. The van der Waals surface area contributed by atoms with Crippen LogP contribution in [0, 0.1) is 0 Å². The van der Waals surface area contributed by atoms with Gasteiger partial charge in [-0.3, -0.25) is 14.4 Å². The highest BCUT2D eigenvalue weighted by Gasteiger charge is 2.24. The van der Waals surface area contributed by atoms with Gasteiger partial charge in [0.25, 0.3) is 11.8 Å². The van der Waals surface area contributed by atoms with Crippen LogP contribution in [0.5, 0.6) is 17.2 Å². The Morgan fingerprint density at radius 1 is 0.782 bits per heavy atom. The molecule has 0 saturated carbocycles. The molecule has 1 heterocycles. The minimum absolute atomic E-state index is 0.0378. The number of methoxy groups -OCH3 is 3. The number of carbonyl (C=O) groups is 3. The monoisotopic (exact) mass is 790 g/mol. The Kier molecular flexibility index (Phi) is 12.9. The number of ether oxygens (including phenoxy) is 3. The highest BCUT2D eigenvalue weighted by atomic mass is 35.5. The van der Waals surface area contributed by atoms with Crippen LogP contribution in [0.15, 0.2) is 137 Å². The van der Waals surface area contributed by atoms with E-state index < -0.39 is 17.1 Å². The molecule has 55 heavy (non-hydrogen) atoms. The molecule has 0 bridgehead atoms. The molecular formula is C42H35ClN4O6S2. The van der Waals surface area contributed by atoms with Crippen molar-refractivity contribution in [2.75, 3.05) is 32.0 Å². The smallest absolute Gasteiger partial charge is 0.272 e. The van der Waals surface area contributed by atoms with E-state index in [1.54, 1.807) is 72.8 Å². The lowest BCUT2D eigenvalue weighted by atomic mass is 10.1. The fourth-order valence-electron chi connectivity index (χ4n) is 5.43. The molecule has 1 aromatic heterocycles. The number of aromatic nitrogens is 1. The SMILES string of the molecule is COc1cc(/C=C(/NC(=O)c2ccccc2)C(=O)Nc2cccc(SC(C(=O)Nc3nc(-c4ccc(Cl)cc4)cs3)c3ccccc3)c2)cc(OC)c1OC. The van der Waals surface area contributed by atoms with Crippen LogP contribution in [0.2, 0.25) is 5.02 Å². The van der Waals surface area contributed by atoms with Crippen molar-refractivity contribution in [3.05, 3.63) is 154 Å². The minimum Gasteiger partial charge on any atom is -0.493 e. The Bertz CT molecular complexity index is 2290. The van der Waals surface area contributed by atoms with E-state index in [1.165, 1.54) is 50.5 Å². The number of thioether (sulfide) groups is 1. The van der Waals surface area contributed by atoms with E-state index in [2.05, 4.69) is 20.9 Å². The fraction of sp³-hybridized carbons (Fsp3) is 0.0952. The zero-order valence-corrected chi connectivity index (χ0v) is 32.3. The summed E-state index contributed by atoms with van der Waals surface area (Å²) in [7, 11) is 4.48. The maximum Gasteiger partial charge on any atom is 0.272 e. The number of amides is 3. The van der Waals surface area contributed by atoms with E-state index in [0.717, 1.165) is 16.8 Å². The predicted octanol–water partition coefficient (Wildman–Crippen LogP) is 9.37. The van der Waals surface area contributed by atoms with E-state index >= 15 is 0 Å². The highest BCUT2D eigenvalue weighted by Crippen LogP contribution is 2.40. The minimum atomic E-state index is -0.657. The van der Waals surface area contributed by atoms with Crippen molar-refractivity contribution in [1.82, 2.24) is 10.3 Å². The lowest BCUT2D eigenvalue weighted by Crippen LogP contribution is -2.30. The van der Waals surface area contributed by atoms with Crippen LogP contribution >= 0.6 is 34.7 Å². The first-order chi connectivity index (χ1) is 26.7. The van der Waals surface area contributed by atoms with Gasteiger partial charge in [-0.15, -0.1) is 23.1 Å². The summed E-state index contributed by atoms with van der Waals surface area (Å²) in [6.45, 7) is 0. The van der Waals surface area contributed by atoms with Crippen LogP contribution in [0.1, 0.15) is 26.7 Å². The molecule has 6 rings (SSSR count). The van der Waals surface area contributed by atoms with Gasteiger partial charge in [-0.05, 0) is 71.8 Å². The average molecular weight is 791 g/mol. The van der Waals surface area contributed by atoms with E-state index in [0.29, 0.717) is 49.1 Å². The molecule has 0 aliphatic carbocycles. The first-order valence-corrected chi connectivity index (χ1v) is 18.9. The van der Waals surface area contributed by atoms with Crippen LogP contribution in [0.3, 0.4) is 0 Å². The zero-order valence-electron chi connectivity index (χ0n) is 29.9. The molecular weight excluding hydrogens is 756 g/mol. The molecule has 3 N–H and O–H groups in total. The second-order valence-electron chi connectivity index (χ2n) is 11.8. The van der Waals surface area contributed by atoms with Crippen molar-refractivity contribution in [1.29, 1.82) is 0 Å².